The molecule has 4 heterocycles. The van der Waals surface area contributed by atoms with E-state index < -0.39 is 0 Å². The molecule has 9 heteroatoms. The largest absolute Gasteiger partial charge is 0.324 e. The Morgan fingerprint density at radius 1 is 1.14 bits per heavy atom. The summed E-state index contributed by atoms with van der Waals surface area (Å²) in [4.78, 5) is 37.1. The number of fused-ring (bicyclic) bond motifs is 3. The molecule has 1 aliphatic heterocycles. The van der Waals surface area contributed by atoms with E-state index in [-0.39, 0.29) is 17.2 Å². The van der Waals surface area contributed by atoms with Gasteiger partial charge in [-0.3, -0.25) is 9.59 Å². The highest BCUT2D eigenvalue weighted by atomic mass is 16.1. The smallest absolute Gasteiger partial charge is 0.278 e. The standard InChI is InChI=1S/C27H31N7O2/c1-5-33-25(36)21-13-28-26(30-24(21)34(33)20-7-9-23(35)32(15-20)17(2)3)29-19-6-8-22-18(12-19)14-31(4)16-27(22)10-11-27/h6-9,12-13,15,17H,5,10-11,14,16H2,1-4H3,(H,28,29,30). The normalized spacial score (nSPS) is 16.6. The average molecular weight is 486 g/mol. The van der Waals surface area contributed by atoms with E-state index in [2.05, 4.69) is 40.4 Å². The van der Waals surface area contributed by atoms with Crippen LogP contribution in [-0.4, -0.2) is 42.4 Å². The minimum Gasteiger partial charge on any atom is -0.324 e. The van der Waals surface area contributed by atoms with E-state index in [4.69, 9.17) is 4.98 Å². The molecule has 3 aromatic heterocycles. The molecular weight excluding hydrogens is 454 g/mol. The Balaban J connectivity index is 1.42. The highest BCUT2D eigenvalue weighted by Crippen LogP contribution is 2.52. The van der Waals surface area contributed by atoms with Crippen LogP contribution in [0.3, 0.4) is 0 Å². The summed E-state index contributed by atoms with van der Waals surface area (Å²) in [7, 11) is 2.18. The van der Waals surface area contributed by atoms with Crippen LogP contribution in [-0.2, 0) is 18.5 Å². The van der Waals surface area contributed by atoms with E-state index in [9.17, 15) is 9.59 Å². The minimum absolute atomic E-state index is 0.00856. The van der Waals surface area contributed by atoms with Crippen LogP contribution < -0.4 is 16.4 Å². The molecule has 186 valence electrons. The monoisotopic (exact) mass is 485 g/mol. The Hall–Kier alpha value is -3.72. The van der Waals surface area contributed by atoms with Crippen molar-refractivity contribution in [3.63, 3.8) is 0 Å². The molecule has 4 aromatic rings. The van der Waals surface area contributed by atoms with Crippen LogP contribution in [0.1, 0.15) is 50.8 Å². The van der Waals surface area contributed by atoms with Gasteiger partial charge in [-0.1, -0.05) is 6.07 Å². The van der Waals surface area contributed by atoms with Crippen molar-refractivity contribution in [2.24, 2.45) is 0 Å². The van der Waals surface area contributed by atoms with Crippen LogP contribution in [0.4, 0.5) is 11.6 Å². The van der Waals surface area contributed by atoms with Crippen LogP contribution in [0.5, 0.6) is 0 Å². The molecule has 0 unspecified atom stereocenters. The molecule has 1 fully saturated rings. The van der Waals surface area contributed by atoms with Crippen LogP contribution in [0.25, 0.3) is 16.7 Å². The van der Waals surface area contributed by atoms with Gasteiger partial charge in [-0.15, -0.1) is 0 Å². The van der Waals surface area contributed by atoms with Gasteiger partial charge in [-0.25, -0.2) is 14.3 Å². The van der Waals surface area contributed by atoms with Crippen molar-refractivity contribution < 1.29 is 0 Å². The van der Waals surface area contributed by atoms with Crippen molar-refractivity contribution in [1.82, 2.24) is 28.8 Å². The molecule has 0 saturated heterocycles. The number of pyridine rings is 1. The van der Waals surface area contributed by atoms with E-state index in [0.717, 1.165) is 18.8 Å². The van der Waals surface area contributed by atoms with Gasteiger partial charge in [0.1, 0.15) is 5.39 Å². The first-order chi connectivity index (χ1) is 17.3. The van der Waals surface area contributed by atoms with E-state index in [1.165, 1.54) is 30.0 Å². The lowest BCUT2D eigenvalue weighted by molar-refractivity contribution is 0.271. The van der Waals surface area contributed by atoms with Gasteiger partial charge in [-0.05, 0) is 70.0 Å². The lowest BCUT2D eigenvalue weighted by Crippen LogP contribution is -2.35. The first-order valence-corrected chi connectivity index (χ1v) is 12.6. The second kappa shape index (κ2) is 8.16. The van der Waals surface area contributed by atoms with Crippen molar-refractivity contribution >= 4 is 22.7 Å². The maximum Gasteiger partial charge on any atom is 0.278 e. The van der Waals surface area contributed by atoms with Gasteiger partial charge in [-0.2, -0.15) is 4.98 Å². The lowest BCUT2D eigenvalue weighted by atomic mass is 9.87. The Kier molecular flexibility index (Phi) is 5.15. The van der Waals surface area contributed by atoms with Gasteiger partial charge in [0, 0.05) is 55.2 Å². The van der Waals surface area contributed by atoms with Gasteiger partial charge in [0.15, 0.2) is 5.65 Å². The van der Waals surface area contributed by atoms with Crippen LogP contribution >= 0.6 is 0 Å². The maximum atomic E-state index is 13.1. The number of benzene rings is 1. The fourth-order valence-corrected chi connectivity index (χ4v) is 5.63. The Morgan fingerprint density at radius 3 is 2.67 bits per heavy atom. The number of hydrogen-bond donors (Lipinski definition) is 1. The molecule has 1 aromatic carbocycles. The third-order valence-corrected chi connectivity index (χ3v) is 7.50. The first kappa shape index (κ1) is 22.7. The molecule has 2 aliphatic rings. The summed E-state index contributed by atoms with van der Waals surface area (Å²) in [6.07, 6.45) is 5.88. The van der Waals surface area contributed by atoms with Crippen molar-refractivity contribution in [2.75, 3.05) is 18.9 Å². The average Bonchev–Trinajstić information content (AvgIpc) is 3.55. The number of anilines is 2. The summed E-state index contributed by atoms with van der Waals surface area (Å²) >= 11 is 0. The molecule has 36 heavy (non-hydrogen) atoms. The summed E-state index contributed by atoms with van der Waals surface area (Å²) < 4.78 is 5.06. The second-order valence-corrected chi connectivity index (χ2v) is 10.4. The molecule has 0 atom stereocenters. The quantitative estimate of drug-likeness (QED) is 0.465. The Bertz CT molecular complexity index is 1610. The molecule has 1 spiro atoms. The number of likely N-dealkylation sites (N-methyl/N-ethyl adjacent to an activating group) is 1. The zero-order valence-electron chi connectivity index (χ0n) is 21.2. The number of nitrogens with zero attached hydrogens (tertiary/aromatic N) is 6. The third kappa shape index (κ3) is 3.57. The van der Waals surface area contributed by atoms with Gasteiger partial charge < -0.3 is 14.8 Å². The van der Waals surface area contributed by atoms with E-state index in [0.29, 0.717) is 34.6 Å². The molecule has 0 radical (unpaired) electrons. The molecule has 1 aliphatic carbocycles. The molecule has 1 N–H and O–H groups in total. The lowest BCUT2D eigenvalue weighted by Gasteiger charge is -2.32. The highest BCUT2D eigenvalue weighted by Gasteiger charge is 2.48. The van der Waals surface area contributed by atoms with Gasteiger partial charge >= 0.3 is 0 Å². The van der Waals surface area contributed by atoms with Gasteiger partial charge in [0.05, 0.1) is 5.69 Å². The number of rotatable bonds is 5. The van der Waals surface area contributed by atoms with Gasteiger partial charge in [0.25, 0.3) is 11.1 Å². The predicted molar refractivity (Wildman–Crippen MR) is 140 cm³/mol. The molecule has 6 rings (SSSR count). The zero-order chi connectivity index (χ0) is 25.2. The summed E-state index contributed by atoms with van der Waals surface area (Å²) in [6, 6.07) is 9.79. The SMILES string of the molecule is CCn1c(=O)c2cnc(Nc3ccc4c(c3)CN(C)CC43CC3)nc2n1-c1ccc(=O)n(C(C)C)c1. The van der Waals surface area contributed by atoms with Crippen molar-refractivity contribution in [1.29, 1.82) is 0 Å². The Morgan fingerprint density at radius 2 is 1.94 bits per heavy atom. The van der Waals surface area contributed by atoms with Crippen molar-refractivity contribution in [2.45, 2.75) is 58.2 Å². The minimum atomic E-state index is -0.159. The van der Waals surface area contributed by atoms with Crippen LogP contribution in [0, 0.1) is 0 Å². The van der Waals surface area contributed by atoms with Gasteiger partial charge in [0.2, 0.25) is 5.95 Å². The molecular formula is C27H31N7O2. The van der Waals surface area contributed by atoms with E-state index in [1.807, 2.05) is 20.8 Å². The van der Waals surface area contributed by atoms with Crippen molar-refractivity contribution in [3.8, 4) is 5.69 Å². The van der Waals surface area contributed by atoms with Crippen molar-refractivity contribution in [3.05, 3.63) is 74.6 Å². The fraction of sp³-hybridized carbons (Fsp3) is 0.407. The molecule has 1 saturated carbocycles. The summed E-state index contributed by atoms with van der Waals surface area (Å²) in [5, 5.41) is 3.79. The number of aromatic nitrogens is 5. The highest BCUT2D eigenvalue weighted by molar-refractivity contribution is 5.77. The summed E-state index contributed by atoms with van der Waals surface area (Å²) in [5.41, 5.74) is 5.04. The van der Waals surface area contributed by atoms with Crippen LogP contribution in [0.15, 0.2) is 52.3 Å². The summed E-state index contributed by atoms with van der Waals surface area (Å²) in [5.74, 6) is 0.423. The molecule has 0 bridgehead atoms. The fourth-order valence-electron chi connectivity index (χ4n) is 5.63. The van der Waals surface area contributed by atoms with Crippen LogP contribution in [0.2, 0.25) is 0 Å². The Labute approximate surface area is 209 Å². The topological polar surface area (TPSA) is 90.0 Å². The molecule has 9 nitrogen and oxygen atoms in total. The maximum absolute atomic E-state index is 13.1. The first-order valence-electron chi connectivity index (χ1n) is 12.6. The number of hydrogen-bond acceptors (Lipinski definition) is 6. The van der Waals surface area contributed by atoms with E-state index in [1.54, 1.807) is 32.4 Å². The zero-order valence-corrected chi connectivity index (χ0v) is 21.2. The third-order valence-electron chi connectivity index (χ3n) is 7.50. The number of nitrogens with one attached hydrogen (secondary N) is 1. The summed E-state index contributed by atoms with van der Waals surface area (Å²) in [6.45, 7) is 8.34. The second-order valence-electron chi connectivity index (χ2n) is 10.4. The predicted octanol–water partition coefficient (Wildman–Crippen LogP) is 3.57. The van der Waals surface area contributed by atoms with E-state index >= 15 is 0 Å². The molecule has 0 amide bonds.